The van der Waals surface area contributed by atoms with Crippen LogP contribution in [0, 0.1) is 20.8 Å². The van der Waals surface area contributed by atoms with Gasteiger partial charge in [-0.2, -0.15) is 0 Å². The summed E-state index contributed by atoms with van der Waals surface area (Å²) >= 11 is 2.43. The molecule has 0 saturated carbocycles. The van der Waals surface area contributed by atoms with Crippen molar-refractivity contribution in [3.63, 3.8) is 0 Å². The number of hydrogen-bond donors (Lipinski definition) is 0. The van der Waals surface area contributed by atoms with Gasteiger partial charge in [0, 0.05) is 4.43 Å². The second-order valence-electron chi connectivity index (χ2n) is 4.57. The molecular formula is C16H17I. The molecule has 0 aliphatic heterocycles. The first kappa shape index (κ1) is 12.6. The number of alkyl halides is 1. The molecule has 0 aliphatic carbocycles. The molecule has 0 bridgehead atoms. The van der Waals surface area contributed by atoms with Gasteiger partial charge in [-0.1, -0.05) is 59.0 Å². The van der Waals surface area contributed by atoms with E-state index in [1.54, 1.807) is 0 Å². The lowest BCUT2D eigenvalue weighted by Gasteiger charge is -2.09. The Morgan fingerprint density at radius 2 is 1.35 bits per heavy atom. The number of aryl methyl sites for hydroxylation is 3. The van der Waals surface area contributed by atoms with Crippen molar-refractivity contribution in [2.75, 3.05) is 0 Å². The third-order valence-electron chi connectivity index (χ3n) is 3.33. The molecule has 0 heterocycles. The Hall–Kier alpha value is -0.830. The maximum atomic E-state index is 2.43. The molecule has 0 saturated heterocycles. The highest BCUT2D eigenvalue weighted by molar-refractivity contribution is 14.1. The molecule has 2 rings (SSSR count). The minimum Gasteiger partial charge on any atom is -0.0812 e. The standard InChI is InChI=1S/C16H17I/c1-11-4-6-14(8-13(11)3)15-7-5-12(2)16(9-15)10-17/h4-9H,10H2,1-3H3. The first-order valence-corrected chi connectivity index (χ1v) is 7.37. The van der Waals surface area contributed by atoms with Gasteiger partial charge in [-0.05, 0) is 54.2 Å². The predicted octanol–water partition coefficient (Wildman–Crippen LogP) is 5.21. The lowest BCUT2D eigenvalue weighted by molar-refractivity contribution is 1.32. The molecule has 0 nitrogen and oxygen atoms in total. The van der Waals surface area contributed by atoms with Crippen LogP contribution in [0.4, 0.5) is 0 Å². The fourth-order valence-electron chi connectivity index (χ4n) is 1.92. The fraction of sp³-hybridized carbons (Fsp3) is 0.250. The first-order chi connectivity index (χ1) is 8.11. The van der Waals surface area contributed by atoms with Crippen molar-refractivity contribution in [2.24, 2.45) is 0 Å². The smallest absolute Gasteiger partial charge is 0.0249 e. The van der Waals surface area contributed by atoms with E-state index in [9.17, 15) is 0 Å². The van der Waals surface area contributed by atoms with Crippen LogP contribution in [-0.4, -0.2) is 0 Å². The average molecular weight is 336 g/mol. The molecule has 0 atom stereocenters. The Morgan fingerprint density at radius 3 is 1.94 bits per heavy atom. The van der Waals surface area contributed by atoms with Gasteiger partial charge in [0.25, 0.3) is 0 Å². The van der Waals surface area contributed by atoms with Crippen molar-refractivity contribution >= 4 is 22.6 Å². The maximum absolute atomic E-state index is 2.43. The highest BCUT2D eigenvalue weighted by Gasteiger charge is 2.03. The van der Waals surface area contributed by atoms with Gasteiger partial charge in [0.15, 0.2) is 0 Å². The number of hydrogen-bond acceptors (Lipinski definition) is 0. The van der Waals surface area contributed by atoms with Crippen LogP contribution in [0.1, 0.15) is 22.3 Å². The second-order valence-corrected chi connectivity index (χ2v) is 5.34. The van der Waals surface area contributed by atoms with Crippen molar-refractivity contribution in [3.8, 4) is 11.1 Å². The van der Waals surface area contributed by atoms with Crippen molar-refractivity contribution in [1.82, 2.24) is 0 Å². The van der Waals surface area contributed by atoms with Crippen molar-refractivity contribution in [3.05, 3.63) is 58.7 Å². The molecule has 0 fully saturated rings. The van der Waals surface area contributed by atoms with E-state index in [2.05, 4.69) is 79.8 Å². The molecule has 0 aliphatic rings. The van der Waals surface area contributed by atoms with Crippen LogP contribution in [0.25, 0.3) is 11.1 Å². The summed E-state index contributed by atoms with van der Waals surface area (Å²) < 4.78 is 1.07. The summed E-state index contributed by atoms with van der Waals surface area (Å²) in [4.78, 5) is 0. The van der Waals surface area contributed by atoms with E-state index in [1.165, 1.54) is 33.4 Å². The normalized spacial score (nSPS) is 10.6. The van der Waals surface area contributed by atoms with Gasteiger partial charge in [-0.3, -0.25) is 0 Å². The largest absolute Gasteiger partial charge is 0.0812 e. The Kier molecular flexibility index (Phi) is 3.87. The summed E-state index contributed by atoms with van der Waals surface area (Å²) in [5.74, 6) is 0. The van der Waals surface area contributed by atoms with Gasteiger partial charge in [-0.25, -0.2) is 0 Å². The van der Waals surface area contributed by atoms with E-state index in [1.807, 2.05) is 0 Å². The number of halogens is 1. The molecule has 0 amide bonds. The minimum atomic E-state index is 1.07. The SMILES string of the molecule is Cc1ccc(-c2ccc(C)c(CI)c2)cc1C. The average Bonchev–Trinajstić information content (AvgIpc) is 2.33. The molecule has 2 aromatic rings. The zero-order chi connectivity index (χ0) is 12.4. The summed E-state index contributed by atoms with van der Waals surface area (Å²) in [5, 5.41) is 0. The number of rotatable bonds is 2. The van der Waals surface area contributed by atoms with Crippen LogP contribution in [0.3, 0.4) is 0 Å². The van der Waals surface area contributed by atoms with E-state index in [4.69, 9.17) is 0 Å². The van der Waals surface area contributed by atoms with Crippen LogP contribution in [0.5, 0.6) is 0 Å². The van der Waals surface area contributed by atoms with Gasteiger partial charge in [0.05, 0.1) is 0 Å². The summed E-state index contributed by atoms with van der Waals surface area (Å²) in [6.07, 6.45) is 0. The van der Waals surface area contributed by atoms with Gasteiger partial charge in [-0.15, -0.1) is 0 Å². The van der Waals surface area contributed by atoms with E-state index < -0.39 is 0 Å². The van der Waals surface area contributed by atoms with E-state index in [-0.39, 0.29) is 0 Å². The van der Waals surface area contributed by atoms with E-state index >= 15 is 0 Å². The molecule has 17 heavy (non-hydrogen) atoms. The number of benzene rings is 2. The Bertz CT molecular complexity index is 541. The summed E-state index contributed by atoms with van der Waals surface area (Å²) in [5.41, 5.74) is 8.17. The molecule has 0 spiro atoms. The summed E-state index contributed by atoms with van der Waals surface area (Å²) in [7, 11) is 0. The van der Waals surface area contributed by atoms with Crippen LogP contribution in [0.15, 0.2) is 36.4 Å². The van der Waals surface area contributed by atoms with Crippen molar-refractivity contribution in [2.45, 2.75) is 25.2 Å². The maximum Gasteiger partial charge on any atom is 0.0249 e. The molecule has 2 aromatic carbocycles. The van der Waals surface area contributed by atoms with Crippen molar-refractivity contribution in [1.29, 1.82) is 0 Å². The van der Waals surface area contributed by atoms with Gasteiger partial charge < -0.3 is 0 Å². The predicted molar refractivity (Wildman–Crippen MR) is 83.8 cm³/mol. The Morgan fingerprint density at radius 1 is 0.765 bits per heavy atom. The monoisotopic (exact) mass is 336 g/mol. The van der Waals surface area contributed by atoms with Crippen molar-refractivity contribution < 1.29 is 0 Å². The van der Waals surface area contributed by atoms with Crippen LogP contribution < -0.4 is 0 Å². The van der Waals surface area contributed by atoms with Crippen LogP contribution >= 0.6 is 22.6 Å². The molecular weight excluding hydrogens is 319 g/mol. The molecule has 88 valence electrons. The molecule has 1 heteroatoms. The zero-order valence-corrected chi connectivity index (χ0v) is 12.7. The summed E-state index contributed by atoms with van der Waals surface area (Å²) in [6.45, 7) is 6.51. The molecule has 0 radical (unpaired) electrons. The quantitative estimate of drug-likeness (QED) is 0.521. The highest BCUT2D eigenvalue weighted by Crippen LogP contribution is 2.25. The lowest BCUT2D eigenvalue weighted by Crippen LogP contribution is -1.88. The topological polar surface area (TPSA) is 0 Å². The van der Waals surface area contributed by atoms with Crippen LogP contribution in [0.2, 0.25) is 0 Å². The zero-order valence-electron chi connectivity index (χ0n) is 10.5. The first-order valence-electron chi connectivity index (χ1n) is 5.85. The van der Waals surface area contributed by atoms with E-state index in [0.29, 0.717) is 0 Å². The molecule has 0 aromatic heterocycles. The molecule has 0 unspecified atom stereocenters. The lowest BCUT2D eigenvalue weighted by atomic mass is 9.98. The second kappa shape index (κ2) is 5.21. The summed E-state index contributed by atoms with van der Waals surface area (Å²) in [6, 6.07) is 13.4. The minimum absolute atomic E-state index is 1.07. The third kappa shape index (κ3) is 2.71. The van der Waals surface area contributed by atoms with E-state index in [0.717, 1.165) is 4.43 Å². The highest BCUT2D eigenvalue weighted by atomic mass is 127. The van der Waals surface area contributed by atoms with Gasteiger partial charge in [0.2, 0.25) is 0 Å². The third-order valence-corrected chi connectivity index (χ3v) is 4.16. The Labute approximate surface area is 117 Å². The van der Waals surface area contributed by atoms with Crippen LogP contribution in [-0.2, 0) is 4.43 Å². The Balaban J connectivity index is 2.49. The van der Waals surface area contributed by atoms with Gasteiger partial charge >= 0.3 is 0 Å². The van der Waals surface area contributed by atoms with Gasteiger partial charge in [0.1, 0.15) is 0 Å². The fourth-order valence-corrected chi connectivity index (χ4v) is 2.74. The molecule has 0 N–H and O–H groups in total.